The lowest BCUT2D eigenvalue weighted by atomic mass is 10.2. The number of likely N-dealkylation sites (N-methyl/N-ethyl adjacent to an activating group) is 1. The van der Waals surface area contributed by atoms with Crippen molar-refractivity contribution in [3.05, 3.63) is 12.4 Å². The molecule has 1 saturated heterocycles. The number of amides is 1. The molecule has 2 heterocycles. The summed E-state index contributed by atoms with van der Waals surface area (Å²) in [5.41, 5.74) is 0. The van der Waals surface area contributed by atoms with Gasteiger partial charge in [-0.25, -0.2) is 4.98 Å². The SMILES string of the molecule is CN1CCC(n2ccnc2SCC(=O)O)C1=O. The largest absolute Gasteiger partial charge is 0.481 e. The fraction of sp³-hybridized carbons (Fsp3) is 0.500. The minimum atomic E-state index is -0.889. The highest BCUT2D eigenvalue weighted by Gasteiger charge is 2.31. The number of hydrogen-bond acceptors (Lipinski definition) is 4. The second kappa shape index (κ2) is 4.79. The number of carbonyl (C=O) groups is 2. The van der Waals surface area contributed by atoms with Crippen LogP contribution < -0.4 is 0 Å². The van der Waals surface area contributed by atoms with Crippen LogP contribution in [0, 0.1) is 0 Å². The third-order valence-corrected chi connectivity index (χ3v) is 3.66. The van der Waals surface area contributed by atoms with Gasteiger partial charge in [-0.05, 0) is 6.42 Å². The number of hydrogen-bond donors (Lipinski definition) is 1. The Kier molecular flexibility index (Phi) is 3.37. The number of thioether (sulfide) groups is 1. The molecule has 6 nitrogen and oxygen atoms in total. The van der Waals surface area contributed by atoms with Crippen molar-refractivity contribution in [2.24, 2.45) is 0 Å². The van der Waals surface area contributed by atoms with Gasteiger partial charge >= 0.3 is 5.97 Å². The Bertz CT molecular complexity index is 446. The van der Waals surface area contributed by atoms with E-state index in [9.17, 15) is 9.59 Å². The predicted octanol–water partition coefficient (Wildman–Crippen LogP) is 0.463. The molecule has 1 aliphatic heterocycles. The van der Waals surface area contributed by atoms with Gasteiger partial charge in [-0.2, -0.15) is 0 Å². The van der Waals surface area contributed by atoms with Gasteiger partial charge in [0.15, 0.2) is 5.16 Å². The van der Waals surface area contributed by atoms with Crippen molar-refractivity contribution in [1.29, 1.82) is 0 Å². The number of rotatable bonds is 4. The van der Waals surface area contributed by atoms with E-state index in [-0.39, 0.29) is 17.7 Å². The van der Waals surface area contributed by atoms with E-state index in [2.05, 4.69) is 4.98 Å². The van der Waals surface area contributed by atoms with Gasteiger partial charge in [0.1, 0.15) is 6.04 Å². The number of carboxylic acid groups (broad SMARTS) is 1. The van der Waals surface area contributed by atoms with Gasteiger partial charge in [-0.3, -0.25) is 9.59 Å². The summed E-state index contributed by atoms with van der Waals surface area (Å²) in [6.07, 6.45) is 4.06. The second-order valence-electron chi connectivity index (χ2n) is 3.86. The highest BCUT2D eigenvalue weighted by molar-refractivity contribution is 7.99. The van der Waals surface area contributed by atoms with E-state index in [4.69, 9.17) is 5.11 Å². The first-order valence-corrected chi connectivity index (χ1v) is 6.20. The van der Waals surface area contributed by atoms with Crippen LogP contribution in [-0.2, 0) is 9.59 Å². The molecule has 0 aliphatic carbocycles. The smallest absolute Gasteiger partial charge is 0.313 e. The van der Waals surface area contributed by atoms with Crippen LogP contribution in [0.3, 0.4) is 0 Å². The fourth-order valence-corrected chi connectivity index (χ4v) is 2.56. The Hall–Kier alpha value is -1.50. The first kappa shape index (κ1) is 12.0. The molecule has 0 spiro atoms. The van der Waals surface area contributed by atoms with Crippen molar-refractivity contribution in [3.63, 3.8) is 0 Å². The van der Waals surface area contributed by atoms with Gasteiger partial charge in [0.2, 0.25) is 5.91 Å². The maximum absolute atomic E-state index is 11.8. The van der Waals surface area contributed by atoms with E-state index in [0.29, 0.717) is 5.16 Å². The molecule has 1 aromatic heterocycles. The maximum Gasteiger partial charge on any atom is 0.313 e. The number of carbonyl (C=O) groups excluding carboxylic acids is 1. The van der Waals surface area contributed by atoms with Gasteiger partial charge < -0.3 is 14.6 Å². The molecule has 1 amide bonds. The van der Waals surface area contributed by atoms with Crippen molar-refractivity contribution >= 4 is 23.6 Å². The molecular formula is C10H13N3O3S. The van der Waals surface area contributed by atoms with Crippen molar-refractivity contribution in [1.82, 2.24) is 14.5 Å². The number of imidazole rings is 1. The molecule has 1 fully saturated rings. The van der Waals surface area contributed by atoms with Crippen LogP contribution in [0.5, 0.6) is 0 Å². The van der Waals surface area contributed by atoms with Crippen molar-refractivity contribution in [2.75, 3.05) is 19.3 Å². The van der Waals surface area contributed by atoms with E-state index in [1.165, 1.54) is 0 Å². The third-order valence-electron chi connectivity index (χ3n) is 2.69. The topological polar surface area (TPSA) is 75.4 Å². The fourth-order valence-electron chi connectivity index (χ4n) is 1.84. The number of aromatic nitrogens is 2. The molecule has 0 aromatic carbocycles. The van der Waals surface area contributed by atoms with Crippen LogP contribution in [0.2, 0.25) is 0 Å². The first-order valence-electron chi connectivity index (χ1n) is 5.22. The standard InChI is InChI=1S/C10H13N3O3S/c1-12-4-2-7(9(12)16)13-5-3-11-10(13)17-6-8(14)15/h3,5,7H,2,4,6H2,1H3,(H,14,15). The Morgan fingerprint density at radius 1 is 1.71 bits per heavy atom. The summed E-state index contributed by atoms with van der Waals surface area (Å²) in [5.74, 6) is -0.882. The van der Waals surface area contributed by atoms with Gasteiger partial charge in [0.05, 0.1) is 5.75 Å². The third kappa shape index (κ3) is 2.44. The zero-order valence-corrected chi connectivity index (χ0v) is 10.2. The van der Waals surface area contributed by atoms with Crippen molar-refractivity contribution in [3.8, 4) is 0 Å². The van der Waals surface area contributed by atoms with E-state index in [1.807, 2.05) is 0 Å². The normalized spacial score (nSPS) is 19.9. The molecular weight excluding hydrogens is 242 g/mol. The summed E-state index contributed by atoms with van der Waals surface area (Å²) >= 11 is 1.13. The highest BCUT2D eigenvalue weighted by atomic mass is 32.2. The van der Waals surface area contributed by atoms with Gasteiger partial charge in [-0.15, -0.1) is 0 Å². The summed E-state index contributed by atoms with van der Waals surface area (Å²) in [5, 5.41) is 9.21. The minimum absolute atomic E-state index is 0.0479. The molecule has 0 bridgehead atoms. The quantitative estimate of drug-likeness (QED) is 0.791. The lowest BCUT2D eigenvalue weighted by Crippen LogP contribution is -2.24. The predicted molar refractivity (Wildman–Crippen MR) is 61.9 cm³/mol. The van der Waals surface area contributed by atoms with Crippen LogP contribution in [0.25, 0.3) is 0 Å². The summed E-state index contributed by atoms with van der Waals surface area (Å²) in [6, 6.07) is -0.237. The lowest BCUT2D eigenvalue weighted by Gasteiger charge is -2.13. The summed E-state index contributed by atoms with van der Waals surface area (Å²) in [6.45, 7) is 0.727. The molecule has 1 N–H and O–H groups in total. The molecule has 92 valence electrons. The van der Waals surface area contributed by atoms with Crippen LogP contribution in [0.4, 0.5) is 0 Å². The molecule has 2 rings (SSSR count). The summed E-state index contributed by atoms with van der Waals surface area (Å²) < 4.78 is 1.76. The lowest BCUT2D eigenvalue weighted by molar-refractivity contribution is -0.134. The molecule has 1 aromatic rings. The van der Waals surface area contributed by atoms with E-state index < -0.39 is 5.97 Å². The average molecular weight is 255 g/mol. The number of nitrogens with zero attached hydrogens (tertiary/aromatic N) is 3. The molecule has 0 radical (unpaired) electrons. The van der Waals surface area contributed by atoms with Gasteiger partial charge in [0, 0.05) is 26.0 Å². The molecule has 1 aliphatic rings. The highest BCUT2D eigenvalue weighted by Crippen LogP contribution is 2.27. The van der Waals surface area contributed by atoms with Crippen LogP contribution >= 0.6 is 11.8 Å². The number of likely N-dealkylation sites (tertiary alicyclic amines) is 1. The molecule has 0 saturated carbocycles. The van der Waals surface area contributed by atoms with Crippen LogP contribution in [0.1, 0.15) is 12.5 Å². The average Bonchev–Trinajstić information content (AvgIpc) is 2.85. The Morgan fingerprint density at radius 2 is 2.47 bits per heavy atom. The van der Waals surface area contributed by atoms with Gasteiger partial charge in [0.25, 0.3) is 0 Å². The summed E-state index contributed by atoms with van der Waals surface area (Å²) in [7, 11) is 1.77. The zero-order chi connectivity index (χ0) is 12.4. The Labute approximate surface area is 103 Å². The maximum atomic E-state index is 11.8. The molecule has 7 heteroatoms. The molecule has 1 atom stereocenters. The van der Waals surface area contributed by atoms with Gasteiger partial charge in [-0.1, -0.05) is 11.8 Å². The monoisotopic (exact) mass is 255 g/mol. The Morgan fingerprint density at radius 3 is 3.06 bits per heavy atom. The molecule has 1 unspecified atom stereocenters. The second-order valence-corrected chi connectivity index (χ2v) is 4.81. The first-order chi connectivity index (χ1) is 8.09. The Balaban J connectivity index is 2.13. The van der Waals surface area contributed by atoms with Crippen molar-refractivity contribution in [2.45, 2.75) is 17.6 Å². The minimum Gasteiger partial charge on any atom is -0.481 e. The molecule has 17 heavy (non-hydrogen) atoms. The van der Waals surface area contributed by atoms with Crippen LogP contribution in [0.15, 0.2) is 17.6 Å². The number of aliphatic carboxylic acids is 1. The van der Waals surface area contributed by atoms with Crippen LogP contribution in [-0.4, -0.2) is 50.8 Å². The van der Waals surface area contributed by atoms with E-state index in [0.717, 1.165) is 24.7 Å². The van der Waals surface area contributed by atoms with E-state index in [1.54, 1.807) is 28.9 Å². The van der Waals surface area contributed by atoms with E-state index >= 15 is 0 Å². The van der Waals surface area contributed by atoms with Crippen molar-refractivity contribution < 1.29 is 14.7 Å². The summed E-state index contributed by atoms with van der Waals surface area (Å²) in [4.78, 5) is 28.1. The zero-order valence-electron chi connectivity index (χ0n) is 9.37. The number of carboxylic acids is 1.